The van der Waals surface area contributed by atoms with Gasteiger partial charge in [0.1, 0.15) is 11.5 Å². The maximum atomic E-state index is 12.7. The highest BCUT2D eigenvalue weighted by Crippen LogP contribution is 2.27. The minimum absolute atomic E-state index is 0.115. The Morgan fingerprint density at radius 2 is 1.48 bits per heavy atom. The molecule has 0 saturated carbocycles. The van der Waals surface area contributed by atoms with E-state index in [9.17, 15) is 8.42 Å². The van der Waals surface area contributed by atoms with E-state index in [1.165, 1.54) is 19.2 Å². The van der Waals surface area contributed by atoms with Crippen molar-refractivity contribution in [3.8, 4) is 11.5 Å². The summed E-state index contributed by atoms with van der Waals surface area (Å²) in [6.45, 7) is 2.45. The summed E-state index contributed by atoms with van der Waals surface area (Å²) in [6.07, 6.45) is 0. The molecule has 9 heteroatoms. The molecule has 162 valence electrons. The van der Waals surface area contributed by atoms with Crippen LogP contribution in [0.3, 0.4) is 0 Å². The van der Waals surface area contributed by atoms with Gasteiger partial charge in [-0.25, -0.2) is 8.42 Å². The highest BCUT2D eigenvalue weighted by atomic mass is 32.2. The molecule has 0 heterocycles. The first-order valence-corrected chi connectivity index (χ1v) is 11.4. The Labute approximate surface area is 187 Å². The zero-order valence-electron chi connectivity index (χ0n) is 17.1. The van der Waals surface area contributed by atoms with Crippen LogP contribution in [0.1, 0.15) is 6.92 Å². The predicted molar refractivity (Wildman–Crippen MR) is 128 cm³/mol. The van der Waals surface area contributed by atoms with Crippen LogP contribution >= 0.6 is 12.2 Å². The lowest BCUT2D eigenvalue weighted by Crippen LogP contribution is -2.19. The summed E-state index contributed by atoms with van der Waals surface area (Å²) in [4.78, 5) is 0.115. The summed E-state index contributed by atoms with van der Waals surface area (Å²) in [5.74, 6) is 1.13. The van der Waals surface area contributed by atoms with Crippen molar-refractivity contribution >= 4 is 44.4 Å². The molecular formula is C22H23N3O4S2. The van der Waals surface area contributed by atoms with Crippen LogP contribution in [0.15, 0.2) is 77.7 Å². The smallest absolute Gasteiger partial charge is 0.262 e. The molecule has 3 rings (SSSR count). The van der Waals surface area contributed by atoms with E-state index in [1.807, 2.05) is 31.2 Å². The molecule has 0 bridgehead atoms. The molecular weight excluding hydrogens is 434 g/mol. The van der Waals surface area contributed by atoms with E-state index in [-0.39, 0.29) is 4.90 Å². The van der Waals surface area contributed by atoms with Gasteiger partial charge in [-0.1, -0.05) is 24.3 Å². The third-order valence-corrected chi connectivity index (χ3v) is 5.79. The summed E-state index contributed by atoms with van der Waals surface area (Å²) in [7, 11) is -2.29. The number of para-hydroxylation sites is 4. The highest BCUT2D eigenvalue weighted by molar-refractivity contribution is 7.92. The molecule has 0 radical (unpaired) electrons. The van der Waals surface area contributed by atoms with Gasteiger partial charge < -0.3 is 20.1 Å². The van der Waals surface area contributed by atoms with Crippen LogP contribution in [-0.4, -0.2) is 27.2 Å². The number of rotatable bonds is 8. The van der Waals surface area contributed by atoms with E-state index in [1.54, 1.807) is 36.4 Å². The second kappa shape index (κ2) is 10.1. The van der Waals surface area contributed by atoms with E-state index < -0.39 is 10.0 Å². The third kappa shape index (κ3) is 5.87. The lowest BCUT2D eigenvalue weighted by molar-refractivity contribution is 0.342. The van der Waals surface area contributed by atoms with Crippen LogP contribution in [-0.2, 0) is 10.0 Å². The molecule has 0 aliphatic carbocycles. The molecule has 0 fully saturated rings. The Morgan fingerprint density at radius 3 is 2.13 bits per heavy atom. The Morgan fingerprint density at radius 1 is 0.871 bits per heavy atom. The van der Waals surface area contributed by atoms with Gasteiger partial charge in [-0.15, -0.1) is 0 Å². The standard InChI is InChI=1S/C22H23N3O4S2/c1-3-29-21-11-7-4-8-18(21)24-22(30)23-16-12-14-17(15-13-16)31(26,27)25-19-9-5-6-10-20(19)28-2/h4-15,25H,3H2,1-2H3,(H2,23,24,30). The predicted octanol–water partition coefficient (Wildman–Crippen LogP) is 4.70. The molecule has 0 aromatic heterocycles. The van der Waals surface area contributed by atoms with Crippen molar-refractivity contribution in [2.75, 3.05) is 29.1 Å². The fraction of sp³-hybridized carbons (Fsp3) is 0.136. The fourth-order valence-electron chi connectivity index (χ4n) is 2.79. The number of benzene rings is 3. The monoisotopic (exact) mass is 457 g/mol. The van der Waals surface area contributed by atoms with Crippen LogP contribution in [0, 0.1) is 0 Å². The minimum Gasteiger partial charge on any atom is -0.495 e. The van der Waals surface area contributed by atoms with Crippen LogP contribution in [0.2, 0.25) is 0 Å². The molecule has 0 saturated heterocycles. The summed E-state index contributed by atoms with van der Waals surface area (Å²) >= 11 is 5.36. The molecule has 0 spiro atoms. The Balaban J connectivity index is 1.68. The van der Waals surface area contributed by atoms with Crippen LogP contribution < -0.4 is 24.8 Å². The van der Waals surface area contributed by atoms with E-state index in [2.05, 4.69) is 15.4 Å². The molecule has 0 aliphatic heterocycles. The quantitative estimate of drug-likeness (QED) is 0.422. The van der Waals surface area contributed by atoms with Crippen molar-refractivity contribution in [3.05, 3.63) is 72.8 Å². The Bertz CT molecular complexity index is 1150. The zero-order valence-corrected chi connectivity index (χ0v) is 18.7. The average molecular weight is 458 g/mol. The van der Waals surface area contributed by atoms with Crippen molar-refractivity contribution in [2.45, 2.75) is 11.8 Å². The minimum atomic E-state index is -3.77. The molecule has 0 atom stereocenters. The van der Waals surface area contributed by atoms with E-state index in [0.717, 1.165) is 5.69 Å². The first-order chi connectivity index (χ1) is 14.9. The topological polar surface area (TPSA) is 88.7 Å². The molecule has 3 aromatic rings. The van der Waals surface area contributed by atoms with E-state index in [4.69, 9.17) is 21.7 Å². The number of nitrogens with one attached hydrogen (secondary N) is 3. The van der Waals surface area contributed by atoms with Gasteiger partial charge in [-0.3, -0.25) is 4.72 Å². The normalized spacial score (nSPS) is 10.8. The summed E-state index contributed by atoms with van der Waals surface area (Å²) in [5, 5.41) is 6.48. The number of methoxy groups -OCH3 is 1. The van der Waals surface area contributed by atoms with Crippen molar-refractivity contribution in [2.24, 2.45) is 0 Å². The number of hydrogen-bond acceptors (Lipinski definition) is 5. The Kier molecular flexibility index (Phi) is 7.32. The van der Waals surface area contributed by atoms with Gasteiger partial charge in [0.2, 0.25) is 0 Å². The van der Waals surface area contributed by atoms with Gasteiger partial charge in [0.05, 0.1) is 30.0 Å². The SMILES string of the molecule is CCOc1ccccc1NC(=S)Nc1ccc(S(=O)(=O)Nc2ccccc2OC)cc1. The molecule has 31 heavy (non-hydrogen) atoms. The summed E-state index contributed by atoms with van der Waals surface area (Å²) in [6, 6.07) is 20.5. The highest BCUT2D eigenvalue weighted by Gasteiger charge is 2.16. The van der Waals surface area contributed by atoms with Crippen molar-refractivity contribution < 1.29 is 17.9 Å². The molecule has 0 amide bonds. The maximum Gasteiger partial charge on any atom is 0.262 e. The summed E-state index contributed by atoms with van der Waals surface area (Å²) in [5.41, 5.74) is 1.75. The van der Waals surface area contributed by atoms with Gasteiger partial charge in [0.25, 0.3) is 10.0 Å². The van der Waals surface area contributed by atoms with Crippen molar-refractivity contribution in [3.63, 3.8) is 0 Å². The lowest BCUT2D eigenvalue weighted by Gasteiger charge is -2.15. The number of hydrogen-bond donors (Lipinski definition) is 3. The van der Waals surface area contributed by atoms with Crippen LogP contribution in [0.4, 0.5) is 17.1 Å². The van der Waals surface area contributed by atoms with Gasteiger partial charge in [0.15, 0.2) is 5.11 Å². The molecule has 0 unspecified atom stereocenters. The molecule has 3 N–H and O–H groups in total. The Hall–Kier alpha value is -3.30. The number of thiocarbonyl (C=S) groups is 1. The first kappa shape index (κ1) is 22.4. The maximum absolute atomic E-state index is 12.7. The summed E-state index contributed by atoms with van der Waals surface area (Å²) < 4.78 is 38.7. The number of ether oxygens (including phenoxy) is 2. The van der Waals surface area contributed by atoms with Crippen molar-refractivity contribution in [1.82, 2.24) is 0 Å². The van der Waals surface area contributed by atoms with Gasteiger partial charge in [0, 0.05) is 5.69 Å². The van der Waals surface area contributed by atoms with E-state index >= 15 is 0 Å². The van der Waals surface area contributed by atoms with Gasteiger partial charge in [-0.05, 0) is 67.7 Å². The average Bonchev–Trinajstić information content (AvgIpc) is 2.76. The van der Waals surface area contributed by atoms with Gasteiger partial charge in [-0.2, -0.15) is 0 Å². The molecule has 3 aromatic carbocycles. The van der Waals surface area contributed by atoms with E-state index in [0.29, 0.717) is 34.6 Å². The fourth-order valence-corrected chi connectivity index (χ4v) is 4.08. The third-order valence-electron chi connectivity index (χ3n) is 4.21. The second-order valence-electron chi connectivity index (χ2n) is 6.34. The van der Waals surface area contributed by atoms with Crippen LogP contribution in [0.25, 0.3) is 0 Å². The lowest BCUT2D eigenvalue weighted by atomic mass is 10.3. The number of sulfonamides is 1. The van der Waals surface area contributed by atoms with Crippen molar-refractivity contribution in [1.29, 1.82) is 0 Å². The second-order valence-corrected chi connectivity index (χ2v) is 8.43. The molecule has 0 aliphatic rings. The largest absolute Gasteiger partial charge is 0.495 e. The first-order valence-electron chi connectivity index (χ1n) is 9.48. The molecule has 7 nitrogen and oxygen atoms in total. The zero-order chi connectivity index (χ0) is 22.3. The number of anilines is 3. The van der Waals surface area contributed by atoms with Gasteiger partial charge >= 0.3 is 0 Å². The van der Waals surface area contributed by atoms with Crippen LogP contribution in [0.5, 0.6) is 11.5 Å².